The molecule has 7 nitrogen and oxygen atoms in total. The molecule has 0 fully saturated rings. The lowest BCUT2D eigenvalue weighted by atomic mass is 10.0. The van der Waals surface area contributed by atoms with Crippen molar-refractivity contribution >= 4 is 39.1 Å². The van der Waals surface area contributed by atoms with Crippen LogP contribution in [0.2, 0.25) is 5.02 Å². The maximum absolute atomic E-state index is 13.9. The van der Waals surface area contributed by atoms with E-state index < -0.39 is 16.1 Å². The van der Waals surface area contributed by atoms with Crippen molar-refractivity contribution in [2.45, 2.75) is 65.1 Å². The molecule has 41 heavy (non-hydrogen) atoms. The molecule has 3 aromatic carbocycles. The number of nitrogens with one attached hydrogen (secondary N) is 1. The number of rotatable bonds is 14. The van der Waals surface area contributed by atoms with E-state index >= 15 is 0 Å². The molecule has 2 atom stereocenters. The number of sulfonamides is 1. The van der Waals surface area contributed by atoms with Gasteiger partial charge in [-0.2, -0.15) is 0 Å². The van der Waals surface area contributed by atoms with Crippen LogP contribution in [0.1, 0.15) is 49.8 Å². The number of anilines is 1. The zero-order chi connectivity index (χ0) is 30.0. The predicted molar refractivity (Wildman–Crippen MR) is 166 cm³/mol. The normalized spacial score (nSPS) is 12.8. The summed E-state index contributed by atoms with van der Waals surface area (Å²) < 4.78 is 26.4. The molecule has 3 aromatic rings. The number of nitrogens with zero attached hydrogens (tertiary/aromatic N) is 2. The summed E-state index contributed by atoms with van der Waals surface area (Å²) in [5.74, 6) is -0.424. The van der Waals surface area contributed by atoms with Crippen molar-refractivity contribution in [3.8, 4) is 0 Å². The lowest BCUT2D eigenvalue weighted by molar-refractivity contribution is -0.141. The Bertz CT molecular complexity index is 1420. The van der Waals surface area contributed by atoms with Crippen molar-refractivity contribution in [2.24, 2.45) is 0 Å². The van der Waals surface area contributed by atoms with Crippen LogP contribution in [-0.2, 0) is 32.6 Å². The fourth-order valence-electron chi connectivity index (χ4n) is 4.64. The van der Waals surface area contributed by atoms with Crippen LogP contribution in [0.5, 0.6) is 0 Å². The summed E-state index contributed by atoms with van der Waals surface area (Å²) >= 11 is 6.11. The van der Waals surface area contributed by atoms with Gasteiger partial charge in [-0.15, -0.1) is 0 Å². The molecule has 220 valence electrons. The molecule has 1 N–H and O–H groups in total. The third kappa shape index (κ3) is 9.90. The van der Waals surface area contributed by atoms with E-state index in [1.165, 1.54) is 4.31 Å². The average molecular weight is 598 g/mol. The van der Waals surface area contributed by atoms with E-state index in [1.807, 2.05) is 75.4 Å². The van der Waals surface area contributed by atoms with Crippen molar-refractivity contribution in [3.63, 3.8) is 0 Å². The lowest BCUT2D eigenvalue weighted by Crippen LogP contribution is -2.52. The average Bonchev–Trinajstić information content (AvgIpc) is 2.92. The van der Waals surface area contributed by atoms with E-state index in [0.29, 0.717) is 17.1 Å². The van der Waals surface area contributed by atoms with Gasteiger partial charge in [0.1, 0.15) is 6.04 Å². The van der Waals surface area contributed by atoms with Crippen LogP contribution in [0, 0.1) is 6.92 Å². The van der Waals surface area contributed by atoms with Crippen LogP contribution in [0.4, 0.5) is 5.69 Å². The SMILES string of the molecule is CCC(C)NC(=O)C(Cc1ccccc1)N(Cc1cccc(C)c1)C(=O)CCCN(c1cccc(Cl)c1)S(C)(=O)=O. The molecule has 0 aliphatic heterocycles. The Labute approximate surface area is 249 Å². The highest BCUT2D eigenvalue weighted by Crippen LogP contribution is 2.23. The minimum atomic E-state index is -3.61. The molecule has 0 radical (unpaired) electrons. The van der Waals surface area contributed by atoms with Crippen molar-refractivity contribution in [1.82, 2.24) is 10.2 Å². The highest BCUT2D eigenvalue weighted by molar-refractivity contribution is 7.92. The molecule has 0 aromatic heterocycles. The van der Waals surface area contributed by atoms with Crippen LogP contribution < -0.4 is 9.62 Å². The number of benzene rings is 3. The van der Waals surface area contributed by atoms with Gasteiger partial charge in [-0.05, 0) is 56.0 Å². The molecule has 2 unspecified atom stereocenters. The van der Waals surface area contributed by atoms with Crippen LogP contribution in [-0.4, -0.2) is 50.0 Å². The van der Waals surface area contributed by atoms with E-state index in [4.69, 9.17) is 11.6 Å². The highest BCUT2D eigenvalue weighted by atomic mass is 35.5. The van der Waals surface area contributed by atoms with Crippen molar-refractivity contribution in [3.05, 3.63) is 101 Å². The number of amides is 2. The highest BCUT2D eigenvalue weighted by Gasteiger charge is 2.31. The van der Waals surface area contributed by atoms with Gasteiger partial charge in [-0.25, -0.2) is 8.42 Å². The van der Waals surface area contributed by atoms with Gasteiger partial charge in [0, 0.05) is 37.0 Å². The molecule has 0 saturated heterocycles. The molecule has 0 spiro atoms. The lowest BCUT2D eigenvalue weighted by Gasteiger charge is -2.33. The maximum atomic E-state index is 13.9. The molecular formula is C32H40ClN3O4S. The number of aryl methyl sites for hydroxylation is 1. The van der Waals surface area contributed by atoms with Gasteiger partial charge in [0.15, 0.2) is 0 Å². The standard InChI is InChI=1S/C32H40ClN3O4S/c1-5-25(3)34-32(38)30(21-26-13-7-6-8-14-26)35(23-27-15-9-12-24(2)20-27)31(37)18-11-19-36(41(4,39)40)29-17-10-16-28(33)22-29/h6-10,12-17,20,22,25,30H,5,11,18-19,21,23H2,1-4H3,(H,34,38). The monoisotopic (exact) mass is 597 g/mol. The predicted octanol–water partition coefficient (Wildman–Crippen LogP) is 5.75. The first-order valence-electron chi connectivity index (χ1n) is 13.9. The molecule has 0 saturated carbocycles. The zero-order valence-corrected chi connectivity index (χ0v) is 25.8. The first kappa shape index (κ1) is 32.2. The number of hydrogen-bond donors (Lipinski definition) is 1. The zero-order valence-electron chi connectivity index (χ0n) is 24.2. The van der Waals surface area contributed by atoms with Crippen LogP contribution in [0.15, 0.2) is 78.9 Å². The van der Waals surface area contributed by atoms with Crippen molar-refractivity contribution < 1.29 is 18.0 Å². The van der Waals surface area contributed by atoms with Gasteiger partial charge in [0.25, 0.3) is 0 Å². The van der Waals surface area contributed by atoms with E-state index in [-0.39, 0.29) is 43.8 Å². The number of hydrogen-bond acceptors (Lipinski definition) is 4. The second kappa shape index (κ2) is 15.0. The van der Waals surface area contributed by atoms with Gasteiger partial charge in [-0.1, -0.05) is 84.8 Å². The van der Waals surface area contributed by atoms with E-state index in [2.05, 4.69) is 5.32 Å². The number of carbonyl (C=O) groups is 2. The molecule has 3 rings (SSSR count). The minimum Gasteiger partial charge on any atom is -0.352 e. The Balaban J connectivity index is 1.89. The van der Waals surface area contributed by atoms with Gasteiger partial charge in [-0.3, -0.25) is 13.9 Å². The first-order valence-corrected chi connectivity index (χ1v) is 16.1. The van der Waals surface area contributed by atoms with Crippen LogP contribution in [0.3, 0.4) is 0 Å². The minimum absolute atomic E-state index is 0.0438. The van der Waals surface area contributed by atoms with Gasteiger partial charge >= 0.3 is 0 Å². The van der Waals surface area contributed by atoms with Crippen LogP contribution >= 0.6 is 11.6 Å². The third-order valence-corrected chi connectivity index (χ3v) is 8.39. The second-order valence-corrected chi connectivity index (χ2v) is 12.8. The van der Waals surface area contributed by atoms with Crippen molar-refractivity contribution in [2.75, 3.05) is 17.1 Å². The smallest absolute Gasteiger partial charge is 0.243 e. The Hall–Kier alpha value is -3.36. The molecule has 2 amide bonds. The summed E-state index contributed by atoms with van der Waals surface area (Å²) in [6, 6.07) is 23.4. The van der Waals surface area contributed by atoms with Gasteiger partial charge < -0.3 is 10.2 Å². The molecule has 0 heterocycles. The largest absolute Gasteiger partial charge is 0.352 e. The summed E-state index contributed by atoms with van der Waals surface area (Å²) in [4.78, 5) is 29.2. The van der Waals surface area contributed by atoms with E-state index in [0.717, 1.165) is 29.4 Å². The fraction of sp³-hybridized carbons (Fsp3) is 0.375. The first-order chi connectivity index (χ1) is 19.5. The second-order valence-electron chi connectivity index (χ2n) is 10.5. The third-order valence-electron chi connectivity index (χ3n) is 6.96. The number of halogens is 1. The summed E-state index contributed by atoms with van der Waals surface area (Å²) in [6.45, 7) is 6.30. The van der Waals surface area contributed by atoms with E-state index in [9.17, 15) is 18.0 Å². The van der Waals surface area contributed by atoms with Crippen molar-refractivity contribution in [1.29, 1.82) is 0 Å². The molecule has 9 heteroatoms. The summed E-state index contributed by atoms with van der Waals surface area (Å²) in [5.41, 5.74) is 3.37. The quantitative estimate of drug-likeness (QED) is 0.256. The van der Waals surface area contributed by atoms with Gasteiger partial charge in [0.2, 0.25) is 21.8 Å². The van der Waals surface area contributed by atoms with Crippen LogP contribution in [0.25, 0.3) is 0 Å². The van der Waals surface area contributed by atoms with E-state index in [1.54, 1.807) is 29.2 Å². The molecular weight excluding hydrogens is 558 g/mol. The molecule has 0 bridgehead atoms. The van der Waals surface area contributed by atoms with Gasteiger partial charge in [0.05, 0.1) is 11.9 Å². The topological polar surface area (TPSA) is 86.8 Å². The summed E-state index contributed by atoms with van der Waals surface area (Å²) in [7, 11) is -3.61. The number of carbonyl (C=O) groups excluding carboxylic acids is 2. The fourth-order valence-corrected chi connectivity index (χ4v) is 5.78. The maximum Gasteiger partial charge on any atom is 0.243 e. The summed E-state index contributed by atoms with van der Waals surface area (Å²) in [5, 5.41) is 3.49. The summed E-state index contributed by atoms with van der Waals surface area (Å²) in [6.07, 6.45) is 2.60. The Morgan fingerprint density at radius 1 is 0.951 bits per heavy atom. The Morgan fingerprint density at radius 2 is 1.63 bits per heavy atom. The Kier molecular flexibility index (Phi) is 11.8. The Morgan fingerprint density at radius 3 is 2.27 bits per heavy atom. The molecule has 0 aliphatic carbocycles. The molecule has 0 aliphatic rings.